The SMILES string of the molecule is COc1cc(NC(=O)c2cc(N3CCCCC3)c3cc(C)ccc3n2)cc(OC)c1. The molecule has 2 heterocycles. The molecule has 1 amide bonds. The van der Waals surface area contributed by atoms with Crippen molar-refractivity contribution >= 4 is 28.2 Å². The quantitative estimate of drug-likeness (QED) is 0.660. The lowest BCUT2D eigenvalue weighted by Gasteiger charge is -2.30. The molecule has 2 aromatic carbocycles. The van der Waals surface area contributed by atoms with Crippen molar-refractivity contribution < 1.29 is 14.3 Å². The van der Waals surface area contributed by atoms with E-state index in [2.05, 4.69) is 28.2 Å². The Bertz CT molecular complexity index is 1050. The van der Waals surface area contributed by atoms with Gasteiger partial charge in [-0.1, -0.05) is 11.6 Å². The summed E-state index contributed by atoms with van der Waals surface area (Å²) < 4.78 is 10.6. The second-order valence-corrected chi connectivity index (χ2v) is 7.65. The highest BCUT2D eigenvalue weighted by Gasteiger charge is 2.19. The van der Waals surface area contributed by atoms with Crippen molar-refractivity contribution in [3.8, 4) is 11.5 Å². The number of amides is 1. The first-order chi connectivity index (χ1) is 14.6. The van der Waals surface area contributed by atoms with Crippen LogP contribution in [0.1, 0.15) is 35.3 Å². The monoisotopic (exact) mass is 405 g/mol. The zero-order valence-electron chi connectivity index (χ0n) is 17.7. The highest BCUT2D eigenvalue weighted by Crippen LogP contribution is 2.31. The van der Waals surface area contributed by atoms with Crippen LogP contribution in [0.3, 0.4) is 0 Å². The van der Waals surface area contributed by atoms with Gasteiger partial charge in [0.05, 0.1) is 19.7 Å². The van der Waals surface area contributed by atoms with Crippen molar-refractivity contribution in [3.05, 3.63) is 53.7 Å². The fraction of sp³-hybridized carbons (Fsp3) is 0.333. The molecule has 1 fully saturated rings. The molecule has 6 nitrogen and oxygen atoms in total. The minimum atomic E-state index is -0.258. The van der Waals surface area contributed by atoms with Gasteiger partial charge in [0.1, 0.15) is 17.2 Å². The van der Waals surface area contributed by atoms with Crippen molar-refractivity contribution in [2.75, 3.05) is 37.5 Å². The Labute approximate surface area is 176 Å². The lowest BCUT2D eigenvalue weighted by atomic mass is 10.1. The number of rotatable bonds is 5. The van der Waals surface area contributed by atoms with Crippen LogP contribution in [0.2, 0.25) is 0 Å². The number of nitrogens with one attached hydrogen (secondary N) is 1. The summed E-state index contributed by atoms with van der Waals surface area (Å²) in [5.41, 5.74) is 4.09. The van der Waals surface area contributed by atoms with Crippen LogP contribution in [-0.4, -0.2) is 38.2 Å². The van der Waals surface area contributed by atoms with Crippen molar-refractivity contribution in [2.45, 2.75) is 26.2 Å². The van der Waals surface area contributed by atoms with E-state index < -0.39 is 0 Å². The summed E-state index contributed by atoms with van der Waals surface area (Å²) in [7, 11) is 3.16. The van der Waals surface area contributed by atoms with Gasteiger partial charge >= 0.3 is 0 Å². The van der Waals surface area contributed by atoms with Gasteiger partial charge in [-0.25, -0.2) is 4.98 Å². The van der Waals surface area contributed by atoms with Gasteiger partial charge in [0, 0.05) is 48.0 Å². The first-order valence-corrected chi connectivity index (χ1v) is 10.3. The number of fused-ring (bicyclic) bond motifs is 1. The van der Waals surface area contributed by atoms with Crippen LogP contribution in [0.4, 0.5) is 11.4 Å². The second kappa shape index (κ2) is 8.61. The number of ether oxygens (including phenoxy) is 2. The number of carbonyl (C=O) groups excluding carboxylic acids is 1. The number of anilines is 2. The molecule has 0 unspecified atom stereocenters. The maximum absolute atomic E-state index is 13.1. The molecule has 0 spiro atoms. The number of methoxy groups -OCH3 is 2. The third-order valence-electron chi connectivity index (χ3n) is 5.48. The molecular weight excluding hydrogens is 378 g/mol. The third kappa shape index (κ3) is 4.17. The van der Waals surface area contributed by atoms with Gasteiger partial charge in [-0.15, -0.1) is 0 Å². The molecule has 0 atom stereocenters. The summed E-state index contributed by atoms with van der Waals surface area (Å²) in [6.45, 7) is 4.08. The van der Waals surface area contributed by atoms with Gasteiger partial charge in [-0.3, -0.25) is 4.79 Å². The van der Waals surface area contributed by atoms with Crippen molar-refractivity contribution in [3.63, 3.8) is 0 Å². The lowest BCUT2D eigenvalue weighted by Crippen LogP contribution is -2.30. The van der Waals surface area contributed by atoms with E-state index in [1.165, 1.54) is 24.8 Å². The Kier molecular flexibility index (Phi) is 5.74. The first kappa shape index (κ1) is 20.0. The minimum Gasteiger partial charge on any atom is -0.497 e. The van der Waals surface area contributed by atoms with Crippen LogP contribution < -0.4 is 19.7 Å². The number of piperidine rings is 1. The predicted octanol–water partition coefficient (Wildman–Crippen LogP) is 4.80. The van der Waals surface area contributed by atoms with E-state index in [-0.39, 0.29) is 5.91 Å². The molecule has 1 aliphatic rings. The molecule has 30 heavy (non-hydrogen) atoms. The van der Waals surface area contributed by atoms with E-state index in [0.29, 0.717) is 22.9 Å². The molecule has 1 N–H and O–H groups in total. The Balaban J connectivity index is 1.71. The summed E-state index contributed by atoms with van der Waals surface area (Å²) >= 11 is 0. The Morgan fingerprint density at radius 1 is 0.967 bits per heavy atom. The molecule has 0 aliphatic carbocycles. The number of benzene rings is 2. The molecule has 1 aliphatic heterocycles. The third-order valence-corrected chi connectivity index (χ3v) is 5.48. The van der Waals surface area contributed by atoms with E-state index >= 15 is 0 Å². The van der Waals surface area contributed by atoms with Crippen LogP contribution in [0, 0.1) is 6.92 Å². The van der Waals surface area contributed by atoms with Gasteiger partial charge in [0.15, 0.2) is 0 Å². The lowest BCUT2D eigenvalue weighted by molar-refractivity contribution is 0.102. The zero-order valence-corrected chi connectivity index (χ0v) is 17.7. The minimum absolute atomic E-state index is 0.258. The second-order valence-electron chi connectivity index (χ2n) is 7.65. The van der Waals surface area contributed by atoms with Crippen LogP contribution in [-0.2, 0) is 0 Å². The van der Waals surface area contributed by atoms with Crippen LogP contribution in [0.15, 0.2) is 42.5 Å². The zero-order chi connectivity index (χ0) is 21.1. The summed E-state index contributed by atoms with van der Waals surface area (Å²) in [6.07, 6.45) is 3.59. The number of nitrogens with zero attached hydrogens (tertiary/aromatic N) is 2. The van der Waals surface area contributed by atoms with E-state index in [9.17, 15) is 4.79 Å². The summed E-state index contributed by atoms with van der Waals surface area (Å²) in [4.78, 5) is 20.1. The highest BCUT2D eigenvalue weighted by molar-refractivity contribution is 6.06. The number of hydrogen-bond acceptors (Lipinski definition) is 5. The number of aromatic nitrogens is 1. The molecule has 4 rings (SSSR count). The summed E-state index contributed by atoms with van der Waals surface area (Å²) in [5, 5.41) is 4.03. The van der Waals surface area contributed by atoms with Gasteiger partial charge in [-0.2, -0.15) is 0 Å². The van der Waals surface area contributed by atoms with Crippen LogP contribution in [0.25, 0.3) is 10.9 Å². The number of aryl methyl sites for hydroxylation is 1. The highest BCUT2D eigenvalue weighted by atomic mass is 16.5. The van der Waals surface area contributed by atoms with E-state index in [1.807, 2.05) is 18.2 Å². The fourth-order valence-electron chi connectivity index (χ4n) is 3.91. The van der Waals surface area contributed by atoms with E-state index in [1.54, 1.807) is 32.4 Å². The van der Waals surface area contributed by atoms with Crippen molar-refractivity contribution in [2.24, 2.45) is 0 Å². The molecule has 0 bridgehead atoms. The van der Waals surface area contributed by atoms with Crippen LogP contribution >= 0.6 is 0 Å². The first-order valence-electron chi connectivity index (χ1n) is 10.3. The Morgan fingerprint density at radius 2 is 1.67 bits per heavy atom. The number of pyridine rings is 1. The molecule has 6 heteroatoms. The van der Waals surface area contributed by atoms with Crippen LogP contribution in [0.5, 0.6) is 11.5 Å². The maximum atomic E-state index is 13.1. The van der Waals surface area contributed by atoms with Gasteiger partial charge in [0.2, 0.25) is 0 Å². The molecule has 0 radical (unpaired) electrons. The maximum Gasteiger partial charge on any atom is 0.274 e. The topological polar surface area (TPSA) is 63.7 Å². The van der Waals surface area contributed by atoms with E-state index in [4.69, 9.17) is 9.47 Å². The van der Waals surface area contributed by atoms with Gasteiger partial charge < -0.3 is 19.7 Å². The molecule has 1 saturated heterocycles. The van der Waals surface area contributed by atoms with Crippen molar-refractivity contribution in [1.82, 2.24) is 4.98 Å². The van der Waals surface area contributed by atoms with Crippen molar-refractivity contribution in [1.29, 1.82) is 0 Å². The normalized spacial score (nSPS) is 13.9. The summed E-state index contributed by atoms with van der Waals surface area (Å²) in [6, 6.07) is 13.4. The predicted molar refractivity (Wildman–Crippen MR) is 120 cm³/mol. The van der Waals surface area contributed by atoms with Gasteiger partial charge in [-0.05, 0) is 44.4 Å². The average Bonchev–Trinajstić information content (AvgIpc) is 2.78. The molecular formula is C24H27N3O3. The Morgan fingerprint density at radius 3 is 2.33 bits per heavy atom. The molecule has 1 aromatic heterocycles. The summed E-state index contributed by atoms with van der Waals surface area (Å²) in [5.74, 6) is 0.965. The standard InChI is InChI=1S/C24H27N3O3/c1-16-7-8-21-20(11-16)23(27-9-5-4-6-10-27)15-22(26-21)24(28)25-17-12-18(29-2)14-19(13-17)30-3/h7-8,11-15H,4-6,9-10H2,1-3H3,(H,25,28). The fourth-order valence-corrected chi connectivity index (χ4v) is 3.91. The van der Waals surface area contributed by atoms with E-state index in [0.717, 1.165) is 29.7 Å². The number of carbonyl (C=O) groups is 1. The largest absolute Gasteiger partial charge is 0.497 e. The Hall–Kier alpha value is -3.28. The number of hydrogen-bond donors (Lipinski definition) is 1. The molecule has 156 valence electrons. The van der Waals surface area contributed by atoms with Gasteiger partial charge in [0.25, 0.3) is 5.91 Å². The smallest absolute Gasteiger partial charge is 0.274 e. The molecule has 0 saturated carbocycles. The molecule has 3 aromatic rings. The average molecular weight is 405 g/mol.